The Morgan fingerprint density at radius 1 is 1.37 bits per heavy atom. The molecule has 1 atom stereocenters. The molecule has 5 nitrogen and oxygen atoms in total. The molecule has 19 heavy (non-hydrogen) atoms. The normalized spacial score (nSPS) is 13.2. The summed E-state index contributed by atoms with van der Waals surface area (Å²) >= 11 is 0. The predicted octanol–water partition coefficient (Wildman–Crippen LogP) is 2.11. The summed E-state index contributed by atoms with van der Waals surface area (Å²) in [6.07, 6.45) is 2.71. The highest BCUT2D eigenvalue weighted by molar-refractivity contribution is 5.48. The quantitative estimate of drug-likeness (QED) is 0.824. The van der Waals surface area contributed by atoms with E-state index < -0.39 is 0 Å². The number of nitrogens with zero attached hydrogens (tertiary/aromatic N) is 3. The van der Waals surface area contributed by atoms with Crippen LogP contribution in [0.15, 0.2) is 12.4 Å². The summed E-state index contributed by atoms with van der Waals surface area (Å²) in [5.41, 5.74) is 5.93. The first kappa shape index (κ1) is 15.7. The van der Waals surface area contributed by atoms with Crippen molar-refractivity contribution in [3.8, 4) is 0 Å². The predicted molar refractivity (Wildman–Crippen MR) is 81.5 cm³/mol. The summed E-state index contributed by atoms with van der Waals surface area (Å²) in [6.45, 7) is 10.3. The fraction of sp³-hybridized carbons (Fsp3) is 0.714. The molecule has 0 saturated carbocycles. The van der Waals surface area contributed by atoms with E-state index in [1.807, 2.05) is 13.0 Å². The second-order valence-electron chi connectivity index (χ2n) is 6.27. The summed E-state index contributed by atoms with van der Waals surface area (Å²) < 4.78 is 0. The van der Waals surface area contributed by atoms with Crippen LogP contribution in [0, 0.1) is 5.41 Å². The SMILES string of the molecule is CC(CN)Nc1cc(N(C)CCC(C)(C)C)ncn1. The van der Waals surface area contributed by atoms with E-state index in [4.69, 9.17) is 5.73 Å². The van der Waals surface area contributed by atoms with Crippen molar-refractivity contribution in [3.63, 3.8) is 0 Å². The molecule has 0 spiro atoms. The van der Waals surface area contributed by atoms with Crippen LogP contribution in [0.2, 0.25) is 0 Å². The van der Waals surface area contributed by atoms with Gasteiger partial charge in [-0.3, -0.25) is 0 Å². The Hall–Kier alpha value is -1.36. The Balaban J connectivity index is 2.65. The first-order valence-corrected chi connectivity index (χ1v) is 6.81. The third-order valence-electron chi connectivity index (χ3n) is 2.99. The van der Waals surface area contributed by atoms with Gasteiger partial charge in [-0.15, -0.1) is 0 Å². The average Bonchev–Trinajstić information content (AvgIpc) is 2.35. The Morgan fingerprint density at radius 3 is 2.63 bits per heavy atom. The van der Waals surface area contributed by atoms with Crippen LogP contribution in [0.4, 0.5) is 11.6 Å². The van der Waals surface area contributed by atoms with Crippen LogP contribution in [0.25, 0.3) is 0 Å². The van der Waals surface area contributed by atoms with Crippen molar-refractivity contribution < 1.29 is 0 Å². The van der Waals surface area contributed by atoms with Gasteiger partial charge in [0.15, 0.2) is 0 Å². The van der Waals surface area contributed by atoms with Gasteiger partial charge in [-0.25, -0.2) is 9.97 Å². The van der Waals surface area contributed by atoms with Crippen LogP contribution >= 0.6 is 0 Å². The fourth-order valence-corrected chi connectivity index (χ4v) is 1.56. The Labute approximate surface area is 116 Å². The molecule has 1 aromatic rings. The Kier molecular flexibility index (Phi) is 5.54. The molecule has 0 aliphatic rings. The van der Waals surface area contributed by atoms with Crippen molar-refractivity contribution in [2.24, 2.45) is 11.1 Å². The zero-order valence-electron chi connectivity index (χ0n) is 12.8. The highest BCUT2D eigenvalue weighted by Crippen LogP contribution is 2.20. The minimum atomic E-state index is 0.211. The van der Waals surface area contributed by atoms with Gasteiger partial charge in [-0.2, -0.15) is 0 Å². The van der Waals surface area contributed by atoms with Gasteiger partial charge in [0.1, 0.15) is 18.0 Å². The van der Waals surface area contributed by atoms with Gasteiger partial charge < -0.3 is 16.0 Å². The number of anilines is 2. The monoisotopic (exact) mass is 265 g/mol. The van der Waals surface area contributed by atoms with Gasteiger partial charge in [0.2, 0.25) is 0 Å². The maximum atomic E-state index is 5.60. The third-order valence-corrected chi connectivity index (χ3v) is 2.99. The first-order valence-electron chi connectivity index (χ1n) is 6.81. The molecular weight excluding hydrogens is 238 g/mol. The van der Waals surface area contributed by atoms with Crippen molar-refractivity contribution >= 4 is 11.6 Å². The van der Waals surface area contributed by atoms with E-state index in [0.29, 0.717) is 12.0 Å². The lowest BCUT2D eigenvalue weighted by Gasteiger charge is -2.24. The van der Waals surface area contributed by atoms with Crippen LogP contribution in [0.5, 0.6) is 0 Å². The van der Waals surface area contributed by atoms with Crippen molar-refractivity contribution in [3.05, 3.63) is 12.4 Å². The van der Waals surface area contributed by atoms with E-state index in [1.165, 1.54) is 0 Å². The van der Waals surface area contributed by atoms with Crippen molar-refractivity contribution in [1.82, 2.24) is 9.97 Å². The molecule has 108 valence electrons. The van der Waals surface area contributed by atoms with Gasteiger partial charge in [-0.05, 0) is 18.8 Å². The molecule has 1 unspecified atom stereocenters. The summed E-state index contributed by atoms with van der Waals surface area (Å²) in [5, 5.41) is 3.26. The minimum Gasteiger partial charge on any atom is -0.366 e. The van der Waals surface area contributed by atoms with E-state index in [9.17, 15) is 0 Å². The van der Waals surface area contributed by atoms with Crippen LogP contribution in [-0.2, 0) is 0 Å². The smallest absolute Gasteiger partial charge is 0.133 e. The molecule has 3 N–H and O–H groups in total. The molecule has 1 rings (SSSR count). The van der Waals surface area contributed by atoms with Crippen molar-refractivity contribution in [2.45, 2.75) is 40.2 Å². The maximum Gasteiger partial charge on any atom is 0.133 e. The summed E-state index contributed by atoms with van der Waals surface area (Å²) in [6, 6.07) is 2.18. The summed E-state index contributed by atoms with van der Waals surface area (Å²) in [5.74, 6) is 1.76. The molecule has 0 saturated heterocycles. The minimum absolute atomic E-state index is 0.211. The van der Waals surface area contributed by atoms with Crippen LogP contribution in [0.3, 0.4) is 0 Å². The standard InChI is InChI=1S/C14H27N5/c1-11(9-15)18-12-8-13(17-10-16-12)19(5)7-6-14(2,3)4/h8,10-11H,6-7,9,15H2,1-5H3,(H,16,17,18). The lowest BCUT2D eigenvalue weighted by Crippen LogP contribution is -2.27. The number of rotatable bonds is 6. The zero-order chi connectivity index (χ0) is 14.5. The van der Waals surface area contributed by atoms with Crippen LogP contribution in [0.1, 0.15) is 34.1 Å². The van der Waals surface area contributed by atoms with Gasteiger partial charge >= 0.3 is 0 Å². The maximum absolute atomic E-state index is 5.60. The fourth-order valence-electron chi connectivity index (χ4n) is 1.56. The van der Waals surface area contributed by atoms with E-state index in [2.05, 4.69) is 48.0 Å². The van der Waals surface area contributed by atoms with E-state index in [1.54, 1.807) is 6.33 Å². The van der Waals surface area contributed by atoms with Gasteiger partial charge in [0, 0.05) is 32.2 Å². The number of hydrogen-bond acceptors (Lipinski definition) is 5. The molecular formula is C14H27N5. The summed E-state index contributed by atoms with van der Waals surface area (Å²) in [4.78, 5) is 10.7. The molecule has 5 heteroatoms. The number of aromatic nitrogens is 2. The third kappa shape index (κ3) is 5.87. The Bertz CT molecular complexity index is 386. The summed E-state index contributed by atoms with van der Waals surface area (Å²) in [7, 11) is 2.06. The highest BCUT2D eigenvalue weighted by Gasteiger charge is 2.12. The second-order valence-corrected chi connectivity index (χ2v) is 6.27. The van der Waals surface area contributed by atoms with Gasteiger partial charge in [0.25, 0.3) is 0 Å². The number of hydrogen-bond donors (Lipinski definition) is 2. The van der Waals surface area contributed by atoms with E-state index in [0.717, 1.165) is 24.6 Å². The Morgan fingerprint density at radius 2 is 2.05 bits per heavy atom. The molecule has 0 radical (unpaired) electrons. The molecule has 0 amide bonds. The first-order chi connectivity index (χ1) is 8.81. The van der Waals surface area contributed by atoms with E-state index in [-0.39, 0.29) is 6.04 Å². The van der Waals surface area contributed by atoms with Crippen LogP contribution in [-0.4, -0.2) is 36.1 Å². The van der Waals surface area contributed by atoms with Crippen LogP contribution < -0.4 is 16.0 Å². The van der Waals surface area contributed by atoms with E-state index >= 15 is 0 Å². The molecule has 0 aliphatic heterocycles. The van der Waals surface area contributed by atoms with Gasteiger partial charge in [-0.1, -0.05) is 20.8 Å². The molecule has 1 heterocycles. The second kappa shape index (κ2) is 6.70. The lowest BCUT2D eigenvalue weighted by atomic mass is 9.92. The highest BCUT2D eigenvalue weighted by atomic mass is 15.2. The largest absolute Gasteiger partial charge is 0.366 e. The lowest BCUT2D eigenvalue weighted by molar-refractivity contribution is 0.381. The average molecular weight is 265 g/mol. The molecule has 0 aliphatic carbocycles. The topological polar surface area (TPSA) is 67.1 Å². The molecule has 0 aromatic carbocycles. The molecule has 0 bridgehead atoms. The number of nitrogens with one attached hydrogen (secondary N) is 1. The molecule has 0 fully saturated rings. The van der Waals surface area contributed by atoms with Gasteiger partial charge in [0.05, 0.1) is 0 Å². The van der Waals surface area contributed by atoms with Crippen molar-refractivity contribution in [2.75, 3.05) is 30.4 Å². The number of nitrogens with two attached hydrogens (primary N) is 1. The van der Waals surface area contributed by atoms with Crippen molar-refractivity contribution in [1.29, 1.82) is 0 Å². The molecule has 1 aromatic heterocycles. The zero-order valence-corrected chi connectivity index (χ0v) is 12.8.